The highest BCUT2D eigenvalue weighted by Crippen LogP contribution is 2.27. The first-order valence-electron chi connectivity index (χ1n) is 7.57. The molecule has 2 aromatic heterocycles. The zero-order valence-electron chi connectivity index (χ0n) is 13.9. The lowest BCUT2D eigenvalue weighted by molar-refractivity contribution is 0.415. The minimum Gasteiger partial charge on any atom is -0.497 e. The molecule has 0 aliphatic rings. The molecule has 0 saturated heterocycles. The number of anilines is 2. The predicted molar refractivity (Wildman–Crippen MR) is 95.9 cm³/mol. The Morgan fingerprint density at radius 2 is 1.72 bits per heavy atom. The molecule has 4 N–H and O–H groups in total. The summed E-state index contributed by atoms with van der Waals surface area (Å²) in [4.78, 5) is 11.9. The lowest BCUT2D eigenvalue weighted by Crippen LogP contribution is -2.06. The van der Waals surface area contributed by atoms with E-state index in [2.05, 4.69) is 25.1 Å². The minimum atomic E-state index is 0.110. The fourth-order valence-electron chi connectivity index (χ4n) is 2.28. The van der Waals surface area contributed by atoms with E-state index in [4.69, 9.17) is 16.2 Å². The zero-order chi connectivity index (χ0) is 17.8. The average Bonchev–Trinajstić information content (AvgIpc) is 3.02. The molecule has 0 atom stereocenters. The molecule has 0 unspecified atom stereocenters. The number of thioether (sulfide) groups is 1. The summed E-state index contributed by atoms with van der Waals surface area (Å²) in [5.74, 6) is 2.79. The Balaban J connectivity index is 1.81. The summed E-state index contributed by atoms with van der Waals surface area (Å²) >= 11 is 1.47. The van der Waals surface area contributed by atoms with Crippen molar-refractivity contribution < 1.29 is 4.74 Å². The molecule has 0 amide bonds. The van der Waals surface area contributed by atoms with Crippen LogP contribution in [0.4, 0.5) is 11.9 Å². The summed E-state index contributed by atoms with van der Waals surface area (Å²) < 4.78 is 7.22. The monoisotopic (exact) mass is 358 g/mol. The Morgan fingerprint density at radius 1 is 1.04 bits per heavy atom. The Labute approximate surface area is 148 Å². The third-order valence-electron chi connectivity index (χ3n) is 3.43. The number of nitrogens with zero attached hydrogens (tertiary/aromatic N) is 6. The lowest BCUT2D eigenvalue weighted by atomic mass is 10.2. The van der Waals surface area contributed by atoms with Crippen LogP contribution in [0.5, 0.6) is 5.75 Å². The molecule has 0 spiro atoms. The van der Waals surface area contributed by atoms with E-state index in [1.165, 1.54) is 11.8 Å². The van der Waals surface area contributed by atoms with Gasteiger partial charge in [0.05, 0.1) is 12.9 Å². The van der Waals surface area contributed by atoms with Crippen molar-refractivity contribution in [1.82, 2.24) is 29.7 Å². The standard InChI is InChI=1S/C15H18N8OS/c1-3-23-12(9-4-6-10(24-2)7-5-9)21-22-15(23)25-8-11-18-13(16)20-14(17)19-11/h4-7H,3,8H2,1-2H3,(H4,16,17,18,19,20). The number of ether oxygens (including phenoxy) is 1. The van der Waals surface area contributed by atoms with Gasteiger partial charge >= 0.3 is 0 Å². The molecule has 0 aliphatic heterocycles. The van der Waals surface area contributed by atoms with E-state index in [-0.39, 0.29) is 11.9 Å². The number of methoxy groups -OCH3 is 1. The fraction of sp³-hybridized carbons (Fsp3) is 0.267. The molecular weight excluding hydrogens is 340 g/mol. The molecule has 10 heteroatoms. The molecule has 3 rings (SSSR count). The van der Waals surface area contributed by atoms with E-state index in [0.717, 1.165) is 28.8 Å². The fourth-order valence-corrected chi connectivity index (χ4v) is 3.14. The highest BCUT2D eigenvalue weighted by molar-refractivity contribution is 7.98. The largest absolute Gasteiger partial charge is 0.497 e. The van der Waals surface area contributed by atoms with Crippen molar-refractivity contribution in [1.29, 1.82) is 0 Å². The third kappa shape index (κ3) is 3.79. The molecule has 0 bridgehead atoms. The van der Waals surface area contributed by atoms with Crippen LogP contribution < -0.4 is 16.2 Å². The van der Waals surface area contributed by atoms with Crippen LogP contribution in [0.25, 0.3) is 11.4 Å². The number of benzene rings is 1. The SMILES string of the molecule is CCn1c(SCc2nc(N)nc(N)n2)nnc1-c1ccc(OC)cc1. The quantitative estimate of drug-likeness (QED) is 0.631. The van der Waals surface area contributed by atoms with Gasteiger partial charge in [-0.05, 0) is 31.2 Å². The van der Waals surface area contributed by atoms with Gasteiger partial charge in [-0.15, -0.1) is 10.2 Å². The first-order valence-corrected chi connectivity index (χ1v) is 8.55. The van der Waals surface area contributed by atoms with Gasteiger partial charge in [0.2, 0.25) is 11.9 Å². The van der Waals surface area contributed by atoms with E-state index in [1.807, 2.05) is 35.8 Å². The number of nitrogens with two attached hydrogens (primary N) is 2. The molecule has 130 valence electrons. The maximum atomic E-state index is 5.59. The van der Waals surface area contributed by atoms with Gasteiger partial charge in [0.25, 0.3) is 0 Å². The van der Waals surface area contributed by atoms with Crippen molar-refractivity contribution in [3.63, 3.8) is 0 Å². The van der Waals surface area contributed by atoms with E-state index in [0.29, 0.717) is 11.6 Å². The van der Waals surface area contributed by atoms with Crippen molar-refractivity contribution in [2.45, 2.75) is 24.4 Å². The van der Waals surface area contributed by atoms with Crippen LogP contribution in [0.15, 0.2) is 29.4 Å². The van der Waals surface area contributed by atoms with Gasteiger partial charge in [-0.25, -0.2) is 0 Å². The number of aromatic nitrogens is 6. The average molecular weight is 358 g/mol. The van der Waals surface area contributed by atoms with Crippen molar-refractivity contribution in [3.8, 4) is 17.1 Å². The molecule has 3 aromatic rings. The number of nitrogen functional groups attached to an aromatic ring is 2. The molecule has 0 fully saturated rings. The minimum absolute atomic E-state index is 0.110. The molecule has 0 saturated carbocycles. The van der Waals surface area contributed by atoms with E-state index >= 15 is 0 Å². The maximum absolute atomic E-state index is 5.59. The summed E-state index contributed by atoms with van der Waals surface area (Å²) in [6.07, 6.45) is 0. The number of rotatable bonds is 6. The van der Waals surface area contributed by atoms with Gasteiger partial charge in [0.15, 0.2) is 11.0 Å². The molecule has 0 aliphatic carbocycles. The molecule has 25 heavy (non-hydrogen) atoms. The number of hydrogen-bond donors (Lipinski definition) is 2. The third-order valence-corrected chi connectivity index (χ3v) is 4.39. The van der Waals surface area contributed by atoms with Crippen LogP contribution in [0, 0.1) is 0 Å². The van der Waals surface area contributed by atoms with Crippen LogP contribution in [0.3, 0.4) is 0 Å². The first kappa shape index (κ1) is 17.0. The van der Waals surface area contributed by atoms with Crippen molar-refractivity contribution >= 4 is 23.7 Å². The van der Waals surface area contributed by atoms with Crippen LogP contribution in [0.1, 0.15) is 12.7 Å². The summed E-state index contributed by atoms with van der Waals surface area (Å²) in [6.45, 7) is 2.78. The second-order valence-corrected chi connectivity index (χ2v) is 5.98. The molecule has 0 radical (unpaired) electrons. The second kappa shape index (κ2) is 7.34. The van der Waals surface area contributed by atoms with Crippen molar-refractivity contribution in [3.05, 3.63) is 30.1 Å². The predicted octanol–water partition coefficient (Wildman–Crippen LogP) is 1.62. The maximum Gasteiger partial charge on any atom is 0.225 e. The highest BCUT2D eigenvalue weighted by atomic mass is 32.2. The zero-order valence-corrected chi connectivity index (χ0v) is 14.7. The summed E-state index contributed by atoms with van der Waals surface area (Å²) in [5, 5.41) is 9.36. The Kier molecular flexibility index (Phi) is 4.98. The van der Waals surface area contributed by atoms with E-state index in [9.17, 15) is 0 Å². The highest BCUT2D eigenvalue weighted by Gasteiger charge is 2.14. The van der Waals surface area contributed by atoms with Crippen molar-refractivity contribution in [2.75, 3.05) is 18.6 Å². The molecule has 2 heterocycles. The lowest BCUT2D eigenvalue weighted by Gasteiger charge is -2.08. The second-order valence-electron chi connectivity index (χ2n) is 5.04. The van der Waals surface area contributed by atoms with Gasteiger partial charge in [-0.3, -0.25) is 0 Å². The number of hydrogen-bond acceptors (Lipinski definition) is 9. The van der Waals surface area contributed by atoms with E-state index in [1.54, 1.807) is 7.11 Å². The van der Waals surface area contributed by atoms with Crippen LogP contribution in [-0.4, -0.2) is 36.8 Å². The summed E-state index contributed by atoms with van der Waals surface area (Å²) in [6, 6.07) is 7.70. The molecular formula is C15H18N8OS. The normalized spacial score (nSPS) is 10.8. The van der Waals surface area contributed by atoms with E-state index < -0.39 is 0 Å². The van der Waals surface area contributed by atoms with Crippen LogP contribution >= 0.6 is 11.8 Å². The first-order chi connectivity index (χ1) is 12.1. The summed E-state index contributed by atoms with van der Waals surface area (Å²) in [5.41, 5.74) is 12.2. The topological polar surface area (TPSA) is 131 Å². The van der Waals surface area contributed by atoms with Crippen LogP contribution in [-0.2, 0) is 12.3 Å². The molecule has 9 nitrogen and oxygen atoms in total. The summed E-state index contributed by atoms with van der Waals surface area (Å²) in [7, 11) is 1.64. The van der Waals surface area contributed by atoms with Gasteiger partial charge in [0.1, 0.15) is 11.6 Å². The van der Waals surface area contributed by atoms with Gasteiger partial charge in [-0.1, -0.05) is 11.8 Å². The smallest absolute Gasteiger partial charge is 0.225 e. The van der Waals surface area contributed by atoms with Crippen LogP contribution in [0.2, 0.25) is 0 Å². The Bertz CT molecular complexity index is 844. The Hall–Kier alpha value is -2.88. The van der Waals surface area contributed by atoms with Gasteiger partial charge in [0, 0.05) is 12.1 Å². The van der Waals surface area contributed by atoms with Gasteiger partial charge in [-0.2, -0.15) is 15.0 Å². The molecule has 1 aromatic carbocycles. The van der Waals surface area contributed by atoms with Crippen molar-refractivity contribution in [2.24, 2.45) is 0 Å². The Morgan fingerprint density at radius 3 is 2.32 bits per heavy atom. The van der Waals surface area contributed by atoms with Gasteiger partial charge < -0.3 is 20.8 Å².